The van der Waals surface area contributed by atoms with Crippen LogP contribution in [0.4, 0.5) is 5.82 Å². The summed E-state index contributed by atoms with van der Waals surface area (Å²) in [6, 6.07) is 5.83. The van der Waals surface area contributed by atoms with Gasteiger partial charge >= 0.3 is 0 Å². The molecule has 1 fully saturated rings. The highest BCUT2D eigenvalue weighted by Crippen LogP contribution is 2.21. The highest BCUT2D eigenvalue weighted by molar-refractivity contribution is 14.0. The topological polar surface area (TPSA) is 79.6 Å². The largest absolute Gasteiger partial charge is 0.370 e. The minimum absolute atomic E-state index is 0. The molecule has 3 rings (SSSR count). The third kappa shape index (κ3) is 5.56. The monoisotopic (exact) mass is 471 g/mol. The maximum atomic E-state index is 5.89. The van der Waals surface area contributed by atoms with Gasteiger partial charge in [0.2, 0.25) is 0 Å². The van der Waals surface area contributed by atoms with Crippen molar-refractivity contribution >= 4 is 35.8 Å². The predicted molar refractivity (Wildman–Crippen MR) is 113 cm³/mol. The Morgan fingerprint density at radius 3 is 2.96 bits per heavy atom. The first-order chi connectivity index (χ1) is 12.3. The van der Waals surface area contributed by atoms with E-state index >= 15 is 0 Å². The van der Waals surface area contributed by atoms with Crippen molar-refractivity contribution in [3.05, 3.63) is 42.4 Å². The fourth-order valence-electron chi connectivity index (χ4n) is 2.81. The molecule has 26 heavy (non-hydrogen) atoms. The van der Waals surface area contributed by atoms with Crippen LogP contribution >= 0.6 is 24.0 Å². The first kappa shape index (κ1) is 20.4. The van der Waals surface area contributed by atoms with E-state index in [1.54, 1.807) is 10.9 Å². The van der Waals surface area contributed by atoms with Crippen molar-refractivity contribution in [3.63, 3.8) is 0 Å². The fourth-order valence-corrected chi connectivity index (χ4v) is 2.81. The summed E-state index contributed by atoms with van der Waals surface area (Å²) in [5.41, 5.74) is 1.10. The van der Waals surface area contributed by atoms with E-state index in [-0.39, 0.29) is 30.1 Å². The van der Waals surface area contributed by atoms with Gasteiger partial charge in [-0.3, -0.25) is 9.67 Å². The van der Waals surface area contributed by atoms with Crippen LogP contribution in [0.15, 0.2) is 41.8 Å². The van der Waals surface area contributed by atoms with Gasteiger partial charge in [-0.05, 0) is 12.1 Å². The van der Waals surface area contributed by atoms with Crippen molar-refractivity contribution in [3.8, 4) is 0 Å². The summed E-state index contributed by atoms with van der Waals surface area (Å²) in [5, 5.41) is 10.9. The van der Waals surface area contributed by atoms with Crippen LogP contribution in [0.5, 0.6) is 0 Å². The predicted octanol–water partition coefficient (Wildman–Crippen LogP) is 1.49. The summed E-state index contributed by atoms with van der Waals surface area (Å²) >= 11 is 0. The van der Waals surface area contributed by atoms with Gasteiger partial charge in [0.1, 0.15) is 11.9 Å². The summed E-state index contributed by atoms with van der Waals surface area (Å²) in [7, 11) is 3.72. The molecule has 0 bridgehead atoms. The number of ether oxygens (including phenoxy) is 1. The lowest BCUT2D eigenvalue weighted by Gasteiger charge is -2.34. The van der Waals surface area contributed by atoms with Crippen molar-refractivity contribution in [1.29, 1.82) is 0 Å². The minimum Gasteiger partial charge on any atom is -0.370 e. The molecule has 142 valence electrons. The number of hydrogen-bond acceptors (Lipinski definition) is 5. The number of halogens is 1. The van der Waals surface area contributed by atoms with Gasteiger partial charge in [0.25, 0.3) is 0 Å². The van der Waals surface area contributed by atoms with E-state index in [4.69, 9.17) is 4.74 Å². The van der Waals surface area contributed by atoms with Gasteiger partial charge in [-0.1, -0.05) is 6.07 Å². The Labute approximate surface area is 171 Å². The van der Waals surface area contributed by atoms with Crippen LogP contribution in [0.1, 0.15) is 11.7 Å². The van der Waals surface area contributed by atoms with Gasteiger partial charge in [0, 0.05) is 51.7 Å². The van der Waals surface area contributed by atoms with Crippen LogP contribution in [0.2, 0.25) is 0 Å². The number of aromatic nitrogens is 3. The lowest BCUT2D eigenvalue weighted by Crippen LogP contribution is -2.49. The number of rotatable bonds is 5. The second-order valence-electron chi connectivity index (χ2n) is 5.87. The molecule has 2 aromatic heterocycles. The molecular weight excluding hydrogens is 445 g/mol. The Hall–Kier alpha value is -1.88. The van der Waals surface area contributed by atoms with Gasteiger partial charge in [0.05, 0.1) is 19.3 Å². The first-order valence-corrected chi connectivity index (χ1v) is 8.47. The standard InChI is InChI=1S/C17H25N7O.HI/c1-18-17(21-8-7-20-16-5-3-4-6-19-16)24-9-10-25-15(13-24)14-11-22-23(2)12-14;/h3-6,11-12,15H,7-10,13H2,1-2H3,(H,18,21)(H,19,20);1H. The smallest absolute Gasteiger partial charge is 0.193 e. The van der Waals surface area contributed by atoms with E-state index in [0.29, 0.717) is 6.61 Å². The van der Waals surface area contributed by atoms with Crippen molar-refractivity contribution in [2.75, 3.05) is 45.2 Å². The Morgan fingerprint density at radius 2 is 2.27 bits per heavy atom. The number of aryl methyl sites for hydroxylation is 1. The van der Waals surface area contributed by atoms with Crippen molar-refractivity contribution in [1.82, 2.24) is 25.0 Å². The number of aliphatic imine (C=N–C) groups is 1. The third-order valence-electron chi connectivity index (χ3n) is 4.05. The van der Waals surface area contributed by atoms with Crippen molar-refractivity contribution in [2.24, 2.45) is 12.0 Å². The average Bonchev–Trinajstić information content (AvgIpc) is 3.09. The zero-order chi connectivity index (χ0) is 17.5. The van der Waals surface area contributed by atoms with Crippen LogP contribution < -0.4 is 10.6 Å². The van der Waals surface area contributed by atoms with Gasteiger partial charge in [-0.15, -0.1) is 24.0 Å². The molecule has 0 aliphatic carbocycles. The molecule has 1 aliphatic heterocycles. The van der Waals surface area contributed by atoms with Gasteiger partial charge in [0.15, 0.2) is 5.96 Å². The minimum atomic E-state index is 0. The summed E-state index contributed by atoms with van der Waals surface area (Å²) in [4.78, 5) is 10.9. The van der Waals surface area contributed by atoms with Crippen LogP contribution in [-0.2, 0) is 11.8 Å². The molecule has 2 N–H and O–H groups in total. The number of morpholine rings is 1. The summed E-state index contributed by atoms with van der Waals surface area (Å²) in [5.74, 6) is 1.77. The number of hydrogen-bond donors (Lipinski definition) is 2. The second kappa shape index (κ2) is 10.3. The SMILES string of the molecule is CN=C(NCCNc1ccccn1)N1CCOC(c2cnn(C)c2)C1.I. The average molecular weight is 471 g/mol. The van der Waals surface area contributed by atoms with Crippen LogP contribution in [0.3, 0.4) is 0 Å². The van der Waals surface area contributed by atoms with Crippen molar-refractivity contribution < 1.29 is 4.74 Å². The molecule has 0 aromatic carbocycles. The van der Waals surface area contributed by atoms with Crippen molar-refractivity contribution in [2.45, 2.75) is 6.10 Å². The Bertz CT molecular complexity index is 691. The van der Waals surface area contributed by atoms with E-state index in [2.05, 4.69) is 30.6 Å². The highest BCUT2D eigenvalue weighted by Gasteiger charge is 2.24. The molecular formula is C17H26IN7O. The molecule has 1 aliphatic rings. The first-order valence-electron chi connectivity index (χ1n) is 8.47. The molecule has 1 saturated heterocycles. The van der Waals surface area contributed by atoms with Gasteiger partial charge in [-0.2, -0.15) is 5.10 Å². The number of nitrogens with one attached hydrogen (secondary N) is 2. The fraction of sp³-hybridized carbons (Fsp3) is 0.471. The van der Waals surface area contributed by atoms with Gasteiger partial charge in [-0.25, -0.2) is 4.98 Å². The van der Waals surface area contributed by atoms with Crippen LogP contribution in [0.25, 0.3) is 0 Å². The maximum absolute atomic E-state index is 5.89. The number of pyridine rings is 1. The molecule has 8 nitrogen and oxygen atoms in total. The molecule has 0 radical (unpaired) electrons. The van der Waals surface area contributed by atoms with E-state index in [1.165, 1.54) is 0 Å². The van der Waals surface area contributed by atoms with E-state index in [9.17, 15) is 0 Å². The number of anilines is 1. The Morgan fingerprint density at radius 1 is 1.38 bits per heavy atom. The zero-order valence-corrected chi connectivity index (χ0v) is 17.5. The van der Waals surface area contributed by atoms with E-state index < -0.39 is 0 Å². The lowest BCUT2D eigenvalue weighted by molar-refractivity contribution is -0.00799. The quantitative estimate of drug-likeness (QED) is 0.298. The third-order valence-corrected chi connectivity index (χ3v) is 4.05. The molecule has 1 atom stereocenters. The van der Waals surface area contributed by atoms with Crippen LogP contribution in [0, 0.1) is 0 Å². The summed E-state index contributed by atoms with van der Waals surface area (Å²) in [6.07, 6.45) is 5.66. The molecule has 0 spiro atoms. The normalized spacial score (nSPS) is 17.5. The second-order valence-corrected chi connectivity index (χ2v) is 5.87. The Kier molecular flexibility index (Phi) is 8.10. The molecule has 0 amide bonds. The molecule has 9 heteroatoms. The zero-order valence-electron chi connectivity index (χ0n) is 15.1. The van der Waals surface area contributed by atoms with E-state index in [0.717, 1.165) is 43.5 Å². The highest BCUT2D eigenvalue weighted by atomic mass is 127. The van der Waals surface area contributed by atoms with Gasteiger partial charge < -0.3 is 20.3 Å². The number of nitrogens with zero attached hydrogens (tertiary/aromatic N) is 5. The Balaban J connectivity index is 0.00000243. The summed E-state index contributed by atoms with van der Waals surface area (Å²) < 4.78 is 7.69. The summed E-state index contributed by atoms with van der Waals surface area (Å²) in [6.45, 7) is 3.79. The lowest BCUT2D eigenvalue weighted by atomic mass is 10.1. The molecule has 3 heterocycles. The number of guanidine groups is 1. The van der Waals surface area contributed by atoms with Crippen LogP contribution in [-0.4, -0.2) is 65.5 Å². The molecule has 1 unspecified atom stereocenters. The maximum Gasteiger partial charge on any atom is 0.193 e. The molecule has 0 saturated carbocycles. The van der Waals surface area contributed by atoms with E-state index in [1.807, 2.05) is 44.7 Å². The molecule has 2 aromatic rings.